The summed E-state index contributed by atoms with van der Waals surface area (Å²) < 4.78 is 15.2. The topological polar surface area (TPSA) is 56.8 Å². The van der Waals surface area contributed by atoms with Gasteiger partial charge in [-0.25, -0.2) is 4.79 Å². The molecule has 0 bridgehead atoms. The average molecular weight is 267 g/mol. The maximum absolute atomic E-state index is 12.1. The van der Waals surface area contributed by atoms with E-state index < -0.39 is 5.54 Å². The second-order valence-electron chi connectivity index (χ2n) is 4.24. The Morgan fingerprint density at radius 3 is 2.53 bits per heavy atom. The van der Waals surface area contributed by atoms with Crippen molar-refractivity contribution in [3.63, 3.8) is 0 Å². The van der Waals surface area contributed by atoms with Gasteiger partial charge in [0, 0.05) is 19.2 Å². The maximum atomic E-state index is 12.1. The molecule has 1 rings (SSSR count). The van der Waals surface area contributed by atoms with Crippen molar-refractivity contribution in [2.75, 3.05) is 34.5 Å². The van der Waals surface area contributed by atoms with E-state index in [4.69, 9.17) is 14.2 Å². The Kier molecular flexibility index (Phi) is 5.79. The second-order valence-corrected chi connectivity index (χ2v) is 4.24. The summed E-state index contributed by atoms with van der Waals surface area (Å²) in [6.45, 7) is 2.80. The highest BCUT2D eigenvalue weighted by Gasteiger charge is 2.38. The summed E-state index contributed by atoms with van der Waals surface area (Å²) in [5.41, 5.74) is -0.236. The monoisotopic (exact) mass is 267 g/mol. The van der Waals surface area contributed by atoms with Crippen molar-refractivity contribution in [3.05, 3.63) is 29.8 Å². The number of hydrogen-bond acceptors (Lipinski definition) is 5. The van der Waals surface area contributed by atoms with Crippen LogP contribution >= 0.6 is 0 Å². The van der Waals surface area contributed by atoms with Crippen LogP contribution in [-0.2, 0) is 19.8 Å². The Balaban J connectivity index is 3.11. The summed E-state index contributed by atoms with van der Waals surface area (Å²) in [6, 6.07) is 7.37. The molecule has 0 aliphatic carbocycles. The lowest BCUT2D eigenvalue weighted by atomic mass is 9.91. The van der Waals surface area contributed by atoms with Gasteiger partial charge in [-0.1, -0.05) is 18.2 Å². The average Bonchev–Trinajstić information content (AvgIpc) is 2.46. The largest absolute Gasteiger partial charge is 0.496 e. The van der Waals surface area contributed by atoms with E-state index in [2.05, 4.69) is 5.32 Å². The minimum Gasteiger partial charge on any atom is -0.496 e. The summed E-state index contributed by atoms with van der Waals surface area (Å²) in [5, 5.41) is 3.16. The lowest BCUT2D eigenvalue weighted by Crippen LogP contribution is -2.48. The molecule has 0 radical (unpaired) electrons. The summed E-state index contributed by atoms with van der Waals surface area (Å²) in [4.78, 5) is 12.1. The Morgan fingerprint density at radius 1 is 1.26 bits per heavy atom. The molecule has 0 fully saturated rings. The molecule has 1 aromatic rings. The quantitative estimate of drug-likeness (QED) is 0.596. The van der Waals surface area contributed by atoms with Crippen molar-refractivity contribution in [2.24, 2.45) is 0 Å². The molecule has 0 aliphatic heterocycles. The fourth-order valence-electron chi connectivity index (χ4n) is 1.94. The van der Waals surface area contributed by atoms with Gasteiger partial charge in [-0.3, -0.25) is 5.32 Å². The fourth-order valence-corrected chi connectivity index (χ4v) is 1.94. The molecule has 5 heteroatoms. The molecular formula is C14H21NO4. The van der Waals surface area contributed by atoms with Gasteiger partial charge in [-0.2, -0.15) is 0 Å². The molecule has 0 heterocycles. The molecule has 1 unspecified atom stereocenters. The van der Waals surface area contributed by atoms with E-state index in [-0.39, 0.29) is 5.97 Å². The van der Waals surface area contributed by atoms with Gasteiger partial charge in [0.25, 0.3) is 0 Å². The van der Waals surface area contributed by atoms with Gasteiger partial charge in [0.05, 0.1) is 20.8 Å². The first kappa shape index (κ1) is 15.5. The first-order valence-corrected chi connectivity index (χ1v) is 6.06. The molecule has 0 saturated heterocycles. The highest BCUT2D eigenvalue weighted by molar-refractivity contribution is 5.83. The molecule has 1 aromatic carbocycles. The summed E-state index contributed by atoms with van der Waals surface area (Å²) in [5.74, 6) is 0.272. The zero-order chi connectivity index (χ0) is 14.3. The Morgan fingerprint density at radius 2 is 1.95 bits per heavy atom. The summed E-state index contributed by atoms with van der Waals surface area (Å²) in [7, 11) is 4.56. The number of carbonyl (C=O) groups is 1. The van der Waals surface area contributed by atoms with Gasteiger partial charge in [-0.05, 0) is 13.0 Å². The third-order valence-corrected chi connectivity index (χ3v) is 3.02. The number of ether oxygens (including phenoxy) is 3. The zero-order valence-corrected chi connectivity index (χ0v) is 11.9. The third-order valence-electron chi connectivity index (χ3n) is 3.02. The number of benzene rings is 1. The van der Waals surface area contributed by atoms with Crippen LogP contribution in [0.1, 0.15) is 12.5 Å². The van der Waals surface area contributed by atoms with Crippen LogP contribution in [0, 0.1) is 0 Å². The van der Waals surface area contributed by atoms with E-state index in [1.54, 1.807) is 21.1 Å². The van der Waals surface area contributed by atoms with Gasteiger partial charge in [0.15, 0.2) is 0 Å². The first-order valence-electron chi connectivity index (χ1n) is 6.06. The van der Waals surface area contributed by atoms with Crippen molar-refractivity contribution in [3.8, 4) is 5.75 Å². The van der Waals surface area contributed by atoms with Crippen LogP contribution in [0.4, 0.5) is 0 Å². The molecule has 19 heavy (non-hydrogen) atoms. The minimum atomic E-state index is -0.972. The molecule has 0 amide bonds. The minimum absolute atomic E-state index is 0.367. The van der Waals surface area contributed by atoms with Crippen LogP contribution in [0.3, 0.4) is 0 Å². The maximum Gasteiger partial charge on any atom is 0.330 e. The van der Waals surface area contributed by atoms with Crippen molar-refractivity contribution < 1.29 is 19.0 Å². The van der Waals surface area contributed by atoms with E-state index >= 15 is 0 Å². The van der Waals surface area contributed by atoms with E-state index in [0.717, 1.165) is 5.56 Å². The van der Waals surface area contributed by atoms with Crippen molar-refractivity contribution in [1.82, 2.24) is 5.32 Å². The molecule has 1 atom stereocenters. The van der Waals surface area contributed by atoms with Crippen molar-refractivity contribution in [1.29, 1.82) is 0 Å². The molecule has 0 spiro atoms. The SMILES string of the molecule is COCCNC(C)(C(=O)OC)c1ccccc1OC. The van der Waals surface area contributed by atoms with E-state index in [1.165, 1.54) is 7.11 Å². The van der Waals surface area contributed by atoms with Crippen LogP contribution in [0.2, 0.25) is 0 Å². The Labute approximate surface area is 113 Å². The fraction of sp³-hybridized carbons (Fsp3) is 0.500. The van der Waals surface area contributed by atoms with Gasteiger partial charge < -0.3 is 14.2 Å². The molecular weight excluding hydrogens is 246 g/mol. The standard InChI is InChI=1S/C14H21NO4/c1-14(13(16)19-4,15-9-10-17-2)11-7-5-6-8-12(11)18-3/h5-8,15H,9-10H2,1-4H3. The lowest BCUT2D eigenvalue weighted by Gasteiger charge is -2.29. The normalized spacial score (nSPS) is 13.7. The highest BCUT2D eigenvalue weighted by atomic mass is 16.5. The van der Waals surface area contributed by atoms with Crippen LogP contribution in [-0.4, -0.2) is 40.5 Å². The number of rotatable bonds is 7. The van der Waals surface area contributed by atoms with Crippen LogP contribution < -0.4 is 10.1 Å². The van der Waals surface area contributed by atoms with Gasteiger partial charge >= 0.3 is 5.97 Å². The second kappa shape index (κ2) is 7.11. The van der Waals surface area contributed by atoms with Gasteiger partial charge in [-0.15, -0.1) is 0 Å². The summed E-state index contributed by atoms with van der Waals surface area (Å²) >= 11 is 0. The molecule has 1 N–H and O–H groups in total. The molecule has 0 saturated carbocycles. The number of hydrogen-bond donors (Lipinski definition) is 1. The molecule has 106 valence electrons. The zero-order valence-electron chi connectivity index (χ0n) is 11.9. The number of nitrogens with one attached hydrogen (secondary N) is 1. The lowest BCUT2D eigenvalue weighted by molar-refractivity contribution is -0.148. The van der Waals surface area contributed by atoms with Crippen LogP contribution in [0.25, 0.3) is 0 Å². The molecule has 0 aromatic heterocycles. The highest BCUT2D eigenvalue weighted by Crippen LogP contribution is 2.30. The predicted molar refractivity (Wildman–Crippen MR) is 72.2 cm³/mol. The van der Waals surface area contributed by atoms with E-state index in [0.29, 0.717) is 18.9 Å². The number of methoxy groups -OCH3 is 3. The predicted octanol–water partition coefficient (Wildman–Crippen LogP) is 1.32. The molecule has 0 aliphatic rings. The third kappa shape index (κ3) is 3.45. The number of esters is 1. The van der Waals surface area contributed by atoms with Crippen molar-refractivity contribution >= 4 is 5.97 Å². The Bertz CT molecular complexity index is 422. The number of para-hydroxylation sites is 1. The van der Waals surface area contributed by atoms with Crippen molar-refractivity contribution in [2.45, 2.75) is 12.5 Å². The Hall–Kier alpha value is -1.59. The summed E-state index contributed by atoms with van der Waals surface area (Å²) in [6.07, 6.45) is 0. The van der Waals surface area contributed by atoms with Crippen LogP contribution in [0.5, 0.6) is 5.75 Å². The van der Waals surface area contributed by atoms with Gasteiger partial charge in [0.2, 0.25) is 0 Å². The smallest absolute Gasteiger partial charge is 0.330 e. The van der Waals surface area contributed by atoms with Crippen LogP contribution in [0.15, 0.2) is 24.3 Å². The van der Waals surface area contributed by atoms with E-state index in [9.17, 15) is 4.79 Å². The van der Waals surface area contributed by atoms with Gasteiger partial charge in [0.1, 0.15) is 11.3 Å². The van der Waals surface area contributed by atoms with E-state index in [1.807, 2.05) is 24.3 Å². The number of carbonyl (C=O) groups excluding carboxylic acids is 1. The first-order chi connectivity index (χ1) is 9.10. The molecule has 5 nitrogen and oxygen atoms in total.